The first-order valence-electron chi connectivity index (χ1n) is 11.3. The van der Waals surface area contributed by atoms with Crippen LogP contribution in [0.3, 0.4) is 0 Å². The molecule has 4 rings (SSSR count). The maximum Gasteiger partial charge on any atom is 0.159 e. The molecule has 1 heterocycles. The molecule has 1 saturated carbocycles. The second-order valence-electron chi connectivity index (χ2n) is 8.80. The molecule has 0 spiro atoms. The number of hydrogen-bond acceptors (Lipinski definition) is 4. The van der Waals surface area contributed by atoms with Crippen molar-refractivity contribution < 1.29 is 14.3 Å². The van der Waals surface area contributed by atoms with Gasteiger partial charge in [0.25, 0.3) is 0 Å². The zero-order chi connectivity index (χ0) is 20.9. The summed E-state index contributed by atoms with van der Waals surface area (Å²) in [6, 6.07) is 17.4. The smallest absolute Gasteiger partial charge is 0.159 e. The van der Waals surface area contributed by atoms with Crippen LogP contribution in [0.15, 0.2) is 48.5 Å². The third kappa shape index (κ3) is 5.42. The molecule has 2 fully saturated rings. The molecule has 0 unspecified atom stereocenters. The van der Waals surface area contributed by atoms with E-state index in [1.807, 2.05) is 6.92 Å². The van der Waals surface area contributed by atoms with Gasteiger partial charge in [-0.3, -0.25) is 4.79 Å². The maximum atomic E-state index is 11.9. The quantitative estimate of drug-likeness (QED) is 0.515. The van der Waals surface area contributed by atoms with Crippen LogP contribution in [0, 0.1) is 5.92 Å². The zero-order valence-electron chi connectivity index (χ0n) is 18.2. The number of hydrogen-bond donors (Lipinski definition) is 0. The van der Waals surface area contributed by atoms with Crippen LogP contribution in [0.5, 0.6) is 5.75 Å². The van der Waals surface area contributed by atoms with Crippen LogP contribution in [0.2, 0.25) is 0 Å². The molecule has 1 aliphatic heterocycles. The number of Topliss-reactive ketones (excluding diaryl/α,β-unsaturated/α-hetero) is 1. The molecule has 0 radical (unpaired) electrons. The van der Waals surface area contributed by atoms with Crippen molar-refractivity contribution in [1.82, 2.24) is 0 Å². The van der Waals surface area contributed by atoms with Crippen molar-refractivity contribution in [2.24, 2.45) is 5.92 Å². The zero-order valence-corrected chi connectivity index (χ0v) is 18.2. The van der Waals surface area contributed by atoms with E-state index >= 15 is 0 Å². The predicted octanol–water partition coefficient (Wildman–Crippen LogP) is 5.18. The van der Waals surface area contributed by atoms with Gasteiger partial charge >= 0.3 is 0 Å². The molecule has 2 aromatic rings. The van der Waals surface area contributed by atoms with Gasteiger partial charge in [0.05, 0.1) is 6.61 Å². The second-order valence-corrected chi connectivity index (χ2v) is 8.80. The lowest BCUT2D eigenvalue weighted by Gasteiger charge is -2.41. The van der Waals surface area contributed by atoms with E-state index in [9.17, 15) is 4.79 Å². The van der Waals surface area contributed by atoms with Crippen LogP contribution in [0.4, 0.5) is 5.69 Å². The van der Waals surface area contributed by atoms with Crippen LogP contribution >= 0.6 is 0 Å². The molecule has 1 atom stereocenters. The van der Waals surface area contributed by atoms with Crippen LogP contribution in [-0.4, -0.2) is 38.7 Å². The van der Waals surface area contributed by atoms with E-state index in [0.717, 1.165) is 31.4 Å². The number of ether oxygens (including phenoxy) is 2. The Morgan fingerprint density at radius 3 is 2.40 bits per heavy atom. The molecular weight excluding hydrogens is 374 g/mol. The Bertz CT molecular complexity index is 820. The highest BCUT2D eigenvalue weighted by molar-refractivity contribution is 5.80. The van der Waals surface area contributed by atoms with E-state index in [1.54, 1.807) is 0 Å². The normalized spacial score (nSPS) is 17.5. The number of benzene rings is 2. The highest BCUT2D eigenvalue weighted by Crippen LogP contribution is 2.34. The van der Waals surface area contributed by atoms with Gasteiger partial charge < -0.3 is 14.4 Å². The average Bonchev–Trinajstić information content (AvgIpc) is 3.55. The molecule has 2 aliphatic rings. The molecule has 0 amide bonds. The number of ketones is 1. The summed E-state index contributed by atoms with van der Waals surface area (Å²) in [5.41, 5.74) is 3.87. The SMILES string of the molecule is CCOCC(=O)C[C@@H](C)c1ccc(C2CN(c3ccc(OCC4CC4)cc3)C2)cc1. The van der Waals surface area contributed by atoms with E-state index in [1.165, 1.54) is 29.7 Å². The van der Waals surface area contributed by atoms with E-state index in [0.29, 0.717) is 18.9 Å². The van der Waals surface area contributed by atoms with E-state index in [2.05, 4.69) is 60.4 Å². The predicted molar refractivity (Wildman–Crippen MR) is 121 cm³/mol. The van der Waals surface area contributed by atoms with Crippen molar-refractivity contribution in [3.05, 3.63) is 59.7 Å². The number of carbonyl (C=O) groups is 1. The van der Waals surface area contributed by atoms with Crippen LogP contribution < -0.4 is 9.64 Å². The lowest BCUT2D eigenvalue weighted by atomic mass is 9.88. The lowest BCUT2D eigenvalue weighted by molar-refractivity contribution is -0.123. The molecular formula is C26H33NO3. The van der Waals surface area contributed by atoms with Gasteiger partial charge in [0.2, 0.25) is 0 Å². The number of rotatable bonds is 11. The average molecular weight is 408 g/mol. The number of carbonyl (C=O) groups excluding carboxylic acids is 1. The van der Waals surface area contributed by atoms with Gasteiger partial charge in [0.15, 0.2) is 5.78 Å². The summed E-state index contributed by atoms with van der Waals surface area (Å²) in [4.78, 5) is 14.4. The summed E-state index contributed by atoms with van der Waals surface area (Å²) in [6.07, 6.45) is 3.18. The van der Waals surface area contributed by atoms with Gasteiger partial charge in [-0.15, -0.1) is 0 Å². The minimum Gasteiger partial charge on any atom is -0.493 e. The van der Waals surface area contributed by atoms with E-state index < -0.39 is 0 Å². The van der Waals surface area contributed by atoms with E-state index in [4.69, 9.17) is 9.47 Å². The van der Waals surface area contributed by atoms with Crippen molar-refractivity contribution in [2.75, 3.05) is 37.8 Å². The highest BCUT2D eigenvalue weighted by atomic mass is 16.5. The Balaban J connectivity index is 1.24. The second kappa shape index (κ2) is 9.65. The Kier molecular flexibility index (Phi) is 6.73. The Morgan fingerprint density at radius 2 is 1.77 bits per heavy atom. The Labute approximate surface area is 180 Å². The van der Waals surface area contributed by atoms with Crippen LogP contribution in [-0.2, 0) is 9.53 Å². The van der Waals surface area contributed by atoms with Crippen LogP contribution in [0.25, 0.3) is 0 Å². The fourth-order valence-electron chi connectivity index (χ4n) is 3.98. The monoisotopic (exact) mass is 407 g/mol. The molecule has 2 aromatic carbocycles. The molecule has 4 heteroatoms. The summed E-state index contributed by atoms with van der Waals surface area (Å²) in [5.74, 6) is 2.73. The molecule has 1 saturated heterocycles. The van der Waals surface area contributed by atoms with Gasteiger partial charge in [-0.1, -0.05) is 31.2 Å². The molecule has 0 aromatic heterocycles. The fraction of sp³-hybridized carbons (Fsp3) is 0.500. The first-order valence-corrected chi connectivity index (χ1v) is 11.3. The Hall–Kier alpha value is -2.33. The third-order valence-corrected chi connectivity index (χ3v) is 6.24. The molecule has 160 valence electrons. The van der Waals surface area contributed by atoms with Crippen molar-refractivity contribution in [3.8, 4) is 5.75 Å². The van der Waals surface area contributed by atoms with Gasteiger partial charge in [-0.25, -0.2) is 0 Å². The number of anilines is 1. The minimum atomic E-state index is 0.173. The van der Waals surface area contributed by atoms with Crippen molar-refractivity contribution in [3.63, 3.8) is 0 Å². The van der Waals surface area contributed by atoms with Gasteiger partial charge in [0, 0.05) is 37.7 Å². The first kappa shape index (κ1) is 20.9. The van der Waals surface area contributed by atoms with E-state index in [-0.39, 0.29) is 18.3 Å². The highest BCUT2D eigenvalue weighted by Gasteiger charge is 2.28. The maximum absolute atomic E-state index is 11.9. The molecule has 1 aliphatic carbocycles. The van der Waals surface area contributed by atoms with Gasteiger partial charge in [0.1, 0.15) is 12.4 Å². The first-order chi connectivity index (χ1) is 14.6. The van der Waals surface area contributed by atoms with Crippen molar-refractivity contribution in [1.29, 1.82) is 0 Å². The largest absolute Gasteiger partial charge is 0.493 e. The summed E-state index contributed by atoms with van der Waals surface area (Å²) >= 11 is 0. The fourth-order valence-corrected chi connectivity index (χ4v) is 3.98. The topological polar surface area (TPSA) is 38.8 Å². The van der Waals surface area contributed by atoms with Gasteiger partial charge in [-0.05, 0) is 67.0 Å². The molecule has 30 heavy (non-hydrogen) atoms. The molecule has 0 N–H and O–H groups in total. The lowest BCUT2D eigenvalue weighted by Crippen LogP contribution is -2.45. The Morgan fingerprint density at radius 1 is 1.07 bits per heavy atom. The summed E-state index contributed by atoms with van der Waals surface area (Å²) in [5, 5.41) is 0. The summed E-state index contributed by atoms with van der Waals surface area (Å²) < 4.78 is 11.1. The summed E-state index contributed by atoms with van der Waals surface area (Å²) in [7, 11) is 0. The molecule has 4 nitrogen and oxygen atoms in total. The van der Waals surface area contributed by atoms with Crippen LogP contribution in [0.1, 0.15) is 56.1 Å². The van der Waals surface area contributed by atoms with Gasteiger partial charge in [-0.2, -0.15) is 0 Å². The number of nitrogens with zero attached hydrogens (tertiary/aromatic N) is 1. The minimum absolute atomic E-state index is 0.173. The third-order valence-electron chi connectivity index (χ3n) is 6.24. The standard InChI is InChI=1S/C26H33NO3/c1-3-29-18-25(28)14-19(2)21-6-8-22(9-7-21)23-15-27(16-23)24-10-12-26(13-11-24)30-17-20-4-5-20/h6-13,19-20,23H,3-5,14-18H2,1-2H3/t19-/m1/s1. The molecule has 0 bridgehead atoms. The van der Waals surface area contributed by atoms with Crippen molar-refractivity contribution in [2.45, 2.75) is 44.9 Å². The van der Waals surface area contributed by atoms with Crippen molar-refractivity contribution >= 4 is 11.5 Å². The summed E-state index contributed by atoms with van der Waals surface area (Å²) in [6.45, 7) is 7.79.